The summed E-state index contributed by atoms with van der Waals surface area (Å²) in [5, 5.41) is 27.9. The molecule has 9 heteroatoms. The molecule has 2 aliphatic rings. The highest BCUT2D eigenvalue weighted by Crippen LogP contribution is 2.33. The van der Waals surface area contributed by atoms with Crippen molar-refractivity contribution in [3.05, 3.63) is 28.7 Å². The number of aromatic nitrogens is 5. The van der Waals surface area contributed by atoms with Crippen LogP contribution < -0.4 is 16.2 Å². The van der Waals surface area contributed by atoms with Gasteiger partial charge in [-0.2, -0.15) is 19.6 Å². The first kappa shape index (κ1) is 16.1. The van der Waals surface area contributed by atoms with Crippen molar-refractivity contribution in [2.45, 2.75) is 44.7 Å². The van der Waals surface area contributed by atoms with E-state index in [4.69, 9.17) is 0 Å². The number of aromatic amines is 1. The maximum absolute atomic E-state index is 9.89. The SMILES string of the molecule is CC(Nc1nc(=NC2CC2)n2ncc(=Cc3cc(O)[nH]c3O)c2n1)C1CC1. The number of H-pyrrole nitrogens is 1. The molecular formula is C18H21N7O2. The molecule has 1 unspecified atom stereocenters. The fourth-order valence-corrected chi connectivity index (χ4v) is 3.14. The smallest absolute Gasteiger partial charge is 0.251 e. The van der Waals surface area contributed by atoms with Crippen LogP contribution in [0.2, 0.25) is 0 Å². The first-order valence-electron chi connectivity index (χ1n) is 9.25. The van der Waals surface area contributed by atoms with E-state index in [9.17, 15) is 10.2 Å². The molecule has 2 saturated carbocycles. The predicted molar refractivity (Wildman–Crippen MR) is 98.1 cm³/mol. The lowest BCUT2D eigenvalue weighted by molar-refractivity contribution is 0.425. The summed E-state index contributed by atoms with van der Waals surface area (Å²) in [4.78, 5) is 16.3. The van der Waals surface area contributed by atoms with Crippen LogP contribution in [0.4, 0.5) is 5.95 Å². The monoisotopic (exact) mass is 367 g/mol. The lowest BCUT2D eigenvalue weighted by atomic mass is 10.2. The molecule has 0 saturated heterocycles. The molecule has 1 atom stereocenters. The number of hydrogen-bond donors (Lipinski definition) is 4. The van der Waals surface area contributed by atoms with Crippen molar-refractivity contribution < 1.29 is 10.2 Å². The third kappa shape index (κ3) is 3.20. The molecule has 140 valence electrons. The van der Waals surface area contributed by atoms with Gasteiger partial charge >= 0.3 is 0 Å². The molecule has 9 nitrogen and oxygen atoms in total. The third-order valence-electron chi connectivity index (χ3n) is 5.03. The molecule has 4 N–H and O–H groups in total. The van der Waals surface area contributed by atoms with Crippen LogP contribution in [0.5, 0.6) is 11.8 Å². The van der Waals surface area contributed by atoms with E-state index >= 15 is 0 Å². The van der Waals surface area contributed by atoms with Crippen LogP contribution in [-0.2, 0) is 0 Å². The lowest BCUT2D eigenvalue weighted by Gasteiger charge is -2.12. The zero-order valence-corrected chi connectivity index (χ0v) is 14.9. The van der Waals surface area contributed by atoms with Crippen LogP contribution in [0.1, 0.15) is 38.2 Å². The van der Waals surface area contributed by atoms with Crippen molar-refractivity contribution in [2.75, 3.05) is 5.32 Å². The van der Waals surface area contributed by atoms with Gasteiger partial charge in [0.1, 0.15) is 0 Å². The molecule has 27 heavy (non-hydrogen) atoms. The van der Waals surface area contributed by atoms with E-state index in [1.165, 1.54) is 18.9 Å². The summed E-state index contributed by atoms with van der Waals surface area (Å²) in [6.07, 6.45) is 7.99. The zero-order chi connectivity index (χ0) is 18.5. The molecule has 2 fully saturated rings. The average molecular weight is 367 g/mol. The Labute approximate surface area is 154 Å². The Kier molecular flexibility index (Phi) is 3.56. The van der Waals surface area contributed by atoms with Crippen LogP contribution in [-0.4, -0.2) is 46.9 Å². The Hall–Kier alpha value is -3.10. The van der Waals surface area contributed by atoms with Crippen molar-refractivity contribution in [3.8, 4) is 11.8 Å². The van der Waals surface area contributed by atoms with Gasteiger partial charge in [0.15, 0.2) is 17.4 Å². The molecule has 0 bridgehead atoms. The maximum Gasteiger partial charge on any atom is 0.251 e. The molecule has 0 aromatic carbocycles. The average Bonchev–Trinajstić information content (AvgIpc) is 3.53. The van der Waals surface area contributed by atoms with E-state index in [0.29, 0.717) is 46.0 Å². The van der Waals surface area contributed by atoms with Crippen molar-refractivity contribution in [2.24, 2.45) is 10.9 Å². The summed E-state index contributed by atoms with van der Waals surface area (Å²) in [5.74, 6) is 1.00. The van der Waals surface area contributed by atoms with Gasteiger partial charge < -0.3 is 15.5 Å². The van der Waals surface area contributed by atoms with E-state index in [1.807, 2.05) is 0 Å². The van der Waals surface area contributed by atoms with E-state index in [1.54, 1.807) is 16.8 Å². The van der Waals surface area contributed by atoms with E-state index < -0.39 is 0 Å². The third-order valence-corrected chi connectivity index (χ3v) is 5.03. The summed E-state index contributed by atoms with van der Waals surface area (Å²) >= 11 is 0. The van der Waals surface area contributed by atoms with Crippen LogP contribution in [0.25, 0.3) is 11.7 Å². The second-order valence-corrected chi connectivity index (χ2v) is 7.42. The highest BCUT2D eigenvalue weighted by Gasteiger charge is 2.28. The summed E-state index contributed by atoms with van der Waals surface area (Å²) < 4.78 is 1.63. The van der Waals surface area contributed by atoms with Gasteiger partial charge in [-0.1, -0.05) is 0 Å². The summed E-state index contributed by atoms with van der Waals surface area (Å²) in [7, 11) is 0. The number of nitrogens with zero attached hydrogens (tertiary/aromatic N) is 5. The zero-order valence-electron chi connectivity index (χ0n) is 14.9. The predicted octanol–water partition coefficient (Wildman–Crippen LogP) is 0.685. The van der Waals surface area contributed by atoms with Gasteiger partial charge in [0, 0.05) is 22.9 Å². The highest BCUT2D eigenvalue weighted by molar-refractivity contribution is 5.61. The Morgan fingerprint density at radius 1 is 1.30 bits per heavy atom. The maximum atomic E-state index is 9.89. The number of aromatic hydroxyl groups is 2. The highest BCUT2D eigenvalue weighted by atomic mass is 16.3. The molecule has 0 spiro atoms. The number of fused-ring (bicyclic) bond motifs is 1. The summed E-state index contributed by atoms with van der Waals surface area (Å²) in [5.41, 5.74) is 1.60. The van der Waals surface area contributed by atoms with E-state index in [2.05, 4.69) is 37.3 Å². The first-order valence-corrected chi connectivity index (χ1v) is 9.25. The topological polar surface area (TPSA) is 124 Å². The van der Waals surface area contributed by atoms with Gasteiger partial charge in [0.05, 0.1) is 12.2 Å². The molecule has 5 rings (SSSR count). The first-order chi connectivity index (χ1) is 13.1. The van der Waals surface area contributed by atoms with Crippen LogP contribution >= 0.6 is 0 Å². The van der Waals surface area contributed by atoms with Crippen molar-refractivity contribution >= 4 is 17.7 Å². The van der Waals surface area contributed by atoms with Crippen molar-refractivity contribution in [1.29, 1.82) is 0 Å². The van der Waals surface area contributed by atoms with Crippen molar-refractivity contribution in [3.63, 3.8) is 0 Å². The second-order valence-electron chi connectivity index (χ2n) is 7.42. The fraction of sp³-hybridized carbons (Fsp3) is 0.444. The summed E-state index contributed by atoms with van der Waals surface area (Å²) in [6, 6.07) is 2.06. The van der Waals surface area contributed by atoms with Crippen LogP contribution in [0, 0.1) is 5.92 Å². The standard InChI is InChI=1S/C18H21N7O2/c1-9(10-2-3-10)20-17-23-15-12(6-11-7-14(26)22-16(11)27)8-19-25(15)18(24-17)21-13-4-5-13/h6-10,13,22,26-27H,2-5H2,1H3,(H,20,21,24). The molecule has 3 heterocycles. The molecule has 0 radical (unpaired) electrons. The second kappa shape index (κ2) is 5.97. The summed E-state index contributed by atoms with van der Waals surface area (Å²) in [6.45, 7) is 2.15. The van der Waals surface area contributed by atoms with Gasteiger partial charge in [-0.3, -0.25) is 4.98 Å². The number of nitrogens with one attached hydrogen (secondary N) is 2. The van der Waals surface area contributed by atoms with Crippen LogP contribution in [0.3, 0.4) is 0 Å². The largest absolute Gasteiger partial charge is 0.494 e. The normalized spacial score (nSPS) is 19.7. The van der Waals surface area contributed by atoms with Crippen molar-refractivity contribution in [1.82, 2.24) is 24.6 Å². The fourth-order valence-electron chi connectivity index (χ4n) is 3.14. The number of hydrogen-bond acceptors (Lipinski definition) is 7. The minimum atomic E-state index is -0.107. The van der Waals surface area contributed by atoms with Gasteiger partial charge in [0.2, 0.25) is 5.95 Å². The van der Waals surface area contributed by atoms with E-state index in [0.717, 1.165) is 12.8 Å². The van der Waals surface area contributed by atoms with Gasteiger partial charge in [0.25, 0.3) is 5.62 Å². The Morgan fingerprint density at radius 3 is 2.78 bits per heavy atom. The number of rotatable bonds is 5. The Balaban J connectivity index is 1.65. The molecule has 0 aliphatic heterocycles. The molecule has 2 aliphatic carbocycles. The van der Waals surface area contributed by atoms with E-state index in [-0.39, 0.29) is 11.8 Å². The quantitative estimate of drug-likeness (QED) is 0.526. The lowest BCUT2D eigenvalue weighted by Crippen LogP contribution is -2.27. The molecular weight excluding hydrogens is 346 g/mol. The van der Waals surface area contributed by atoms with Gasteiger partial charge in [-0.15, -0.1) is 0 Å². The van der Waals surface area contributed by atoms with Gasteiger partial charge in [-0.25, -0.2) is 4.99 Å². The van der Waals surface area contributed by atoms with Crippen LogP contribution in [0.15, 0.2) is 17.3 Å². The molecule has 0 amide bonds. The van der Waals surface area contributed by atoms with Gasteiger partial charge in [-0.05, 0) is 44.6 Å². The molecule has 3 aromatic heterocycles. The minimum absolute atomic E-state index is 0.102. The minimum Gasteiger partial charge on any atom is -0.494 e. The number of anilines is 1. The molecule has 3 aromatic rings. The Morgan fingerprint density at radius 2 is 2.11 bits per heavy atom. The Bertz CT molecular complexity index is 1120.